The monoisotopic (exact) mass is 257 g/mol. The quantitative estimate of drug-likeness (QED) is 0.895. The van der Waals surface area contributed by atoms with Crippen LogP contribution in [0, 0.1) is 6.92 Å². The van der Waals surface area contributed by atoms with Gasteiger partial charge in [-0.25, -0.2) is 0 Å². The lowest BCUT2D eigenvalue weighted by atomic mass is 10.2. The topological polar surface area (TPSA) is 46.9 Å². The van der Waals surface area contributed by atoms with Gasteiger partial charge < -0.3 is 5.32 Å². The summed E-state index contributed by atoms with van der Waals surface area (Å²) in [5.74, 6) is 0.652. The zero-order valence-electron chi connectivity index (χ0n) is 11.4. The van der Waals surface area contributed by atoms with E-state index in [1.165, 1.54) is 5.56 Å². The Labute approximate surface area is 113 Å². The third kappa shape index (κ3) is 3.68. The molecule has 1 aromatic carbocycles. The van der Waals surface area contributed by atoms with Crippen molar-refractivity contribution in [3.63, 3.8) is 0 Å². The second-order valence-corrected chi connectivity index (χ2v) is 4.61. The number of nitrogens with zero attached hydrogens (tertiary/aromatic N) is 2. The van der Waals surface area contributed by atoms with Crippen LogP contribution in [0.3, 0.4) is 0 Å². The first-order chi connectivity index (χ1) is 9.19. The molecule has 0 aliphatic heterocycles. The zero-order chi connectivity index (χ0) is 13.7. The maximum atomic E-state index is 11.5. The van der Waals surface area contributed by atoms with Crippen LogP contribution in [0.2, 0.25) is 0 Å². The minimum Gasteiger partial charge on any atom is -0.309 e. The lowest BCUT2D eigenvalue weighted by molar-refractivity contribution is -0.116. The van der Waals surface area contributed by atoms with E-state index in [9.17, 15) is 4.79 Å². The molecule has 0 unspecified atom stereocenters. The van der Waals surface area contributed by atoms with Crippen molar-refractivity contribution in [2.24, 2.45) is 0 Å². The third-order valence-corrected chi connectivity index (χ3v) is 2.90. The Kier molecular flexibility index (Phi) is 4.34. The molecule has 0 aliphatic carbocycles. The number of anilines is 1. The Morgan fingerprint density at radius 2 is 2.05 bits per heavy atom. The van der Waals surface area contributed by atoms with Gasteiger partial charge in [-0.2, -0.15) is 5.10 Å². The number of rotatable bonds is 5. The maximum Gasteiger partial charge on any atom is 0.225 e. The average Bonchev–Trinajstić information content (AvgIpc) is 2.71. The van der Waals surface area contributed by atoms with E-state index in [0.29, 0.717) is 12.2 Å². The molecule has 2 aromatic rings. The molecule has 0 atom stereocenters. The Bertz CT molecular complexity index is 546. The number of carbonyl (C=O) groups is 1. The lowest BCUT2D eigenvalue weighted by Crippen LogP contribution is -2.11. The summed E-state index contributed by atoms with van der Waals surface area (Å²) in [5.41, 5.74) is 2.23. The Morgan fingerprint density at radius 3 is 2.74 bits per heavy atom. The predicted octanol–water partition coefficient (Wildman–Crippen LogP) is 2.98. The van der Waals surface area contributed by atoms with E-state index < -0.39 is 0 Å². The molecule has 100 valence electrons. The third-order valence-electron chi connectivity index (χ3n) is 2.90. The molecule has 0 radical (unpaired) electrons. The normalized spacial score (nSPS) is 10.4. The van der Waals surface area contributed by atoms with Gasteiger partial charge >= 0.3 is 0 Å². The summed E-state index contributed by atoms with van der Waals surface area (Å²) in [4.78, 5) is 11.5. The van der Waals surface area contributed by atoms with Crippen LogP contribution in [0.25, 0.3) is 0 Å². The first kappa shape index (κ1) is 13.3. The first-order valence-corrected chi connectivity index (χ1v) is 6.57. The van der Waals surface area contributed by atoms with Crippen molar-refractivity contribution in [3.8, 4) is 0 Å². The molecule has 4 heteroatoms. The number of hydrogen-bond acceptors (Lipinski definition) is 2. The summed E-state index contributed by atoms with van der Waals surface area (Å²) in [6, 6.07) is 12.1. The largest absolute Gasteiger partial charge is 0.309 e. The minimum atomic E-state index is 0.0202. The van der Waals surface area contributed by atoms with Crippen LogP contribution in [-0.4, -0.2) is 15.7 Å². The second kappa shape index (κ2) is 6.18. The maximum absolute atomic E-state index is 11.5. The van der Waals surface area contributed by atoms with Crippen molar-refractivity contribution in [3.05, 3.63) is 47.7 Å². The second-order valence-electron chi connectivity index (χ2n) is 4.61. The number of aromatic nitrogens is 2. The van der Waals surface area contributed by atoms with E-state index in [-0.39, 0.29) is 5.91 Å². The van der Waals surface area contributed by atoms with E-state index in [1.54, 1.807) is 0 Å². The Hall–Kier alpha value is -2.10. The van der Waals surface area contributed by atoms with E-state index >= 15 is 0 Å². The van der Waals surface area contributed by atoms with Gasteiger partial charge in [0, 0.05) is 18.2 Å². The summed E-state index contributed by atoms with van der Waals surface area (Å²) in [7, 11) is 0. The zero-order valence-corrected chi connectivity index (χ0v) is 11.4. The van der Waals surface area contributed by atoms with Gasteiger partial charge in [0.25, 0.3) is 0 Å². The van der Waals surface area contributed by atoms with Gasteiger partial charge in [-0.3, -0.25) is 9.48 Å². The molecule has 0 saturated carbocycles. The van der Waals surface area contributed by atoms with Gasteiger partial charge in [-0.15, -0.1) is 0 Å². The molecule has 1 aromatic heterocycles. The minimum absolute atomic E-state index is 0.0202. The molecule has 0 fully saturated rings. The molecule has 1 amide bonds. The van der Waals surface area contributed by atoms with Crippen LogP contribution < -0.4 is 5.32 Å². The van der Waals surface area contributed by atoms with Crippen LogP contribution >= 0.6 is 0 Å². The van der Waals surface area contributed by atoms with E-state index in [1.807, 2.05) is 42.8 Å². The molecular weight excluding hydrogens is 238 g/mol. The summed E-state index contributed by atoms with van der Waals surface area (Å²) < 4.78 is 1.90. The van der Waals surface area contributed by atoms with Gasteiger partial charge in [0.1, 0.15) is 0 Å². The number of hydrogen-bond donors (Lipinski definition) is 1. The Morgan fingerprint density at radius 1 is 1.32 bits per heavy atom. The number of amides is 1. The summed E-state index contributed by atoms with van der Waals surface area (Å²) in [6.07, 6.45) is 1.38. The van der Waals surface area contributed by atoms with Gasteiger partial charge in [-0.1, -0.05) is 37.3 Å². The highest BCUT2D eigenvalue weighted by atomic mass is 16.1. The molecule has 1 heterocycles. The molecule has 1 N–H and O–H groups in total. The summed E-state index contributed by atoms with van der Waals surface area (Å²) >= 11 is 0. The van der Waals surface area contributed by atoms with E-state index in [2.05, 4.69) is 22.5 Å². The molecule has 0 spiro atoms. The average molecular weight is 257 g/mol. The fourth-order valence-electron chi connectivity index (χ4n) is 1.92. The van der Waals surface area contributed by atoms with Crippen molar-refractivity contribution in [1.82, 2.24) is 9.78 Å². The van der Waals surface area contributed by atoms with Crippen LogP contribution in [0.15, 0.2) is 36.4 Å². The highest BCUT2D eigenvalue weighted by Crippen LogP contribution is 2.11. The van der Waals surface area contributed by atoms with Gasteiger partial charge in [0.05, 0.1) is 6.54 Å². The highest BCUT2D eigenvalue weighted by molar-refractivity contribution is 5.89. The van der Waals surface area contributed by atoms with E-state index in [0.717, 1.165) is 18.7 Å². The van der Waals surface area contributed by atoms with Crippen LogP contribution in [0.4, 0.5) is 5.82 Å². The first-order valence-electron chi connectivity index (χ1n) is 6.57. The molecule has 0 bridgehead atoms. The van der Waals surface area contributed by atoms with Gasteiger partial charge in [-0.05, 0) is 18.9 Å². The molecule has 0 saturated heterocycles. The number of carbonyl (C=O) groups excluding carboxylic acids is 1. The molecule has 4 nitrogen and oxygen atoms in total. The van der Waals surface area contributed by atoms with Crippen molar-refractivity contribution in [2.75, 3.05) is 5.32 Å². The van der Waals surface area contributed by atoms with E-state index in [4.69, 9.17) is 0 Å². The van der Waals surface area contributed by atoms with Crippen LogP contribution in [-0.2, 0) is 11.3 Å². The highest BCUT2D eigenvalue weighted by Gasteiger charge is 2.07. The summed E-state index contributed by atoms with van der Waals surface area (Å²) in [6.45, 7) is 4.70. The van der Waals surface area contributed by atoms with Gasteiger partial charge in [0.15, 0.2) is 5.82 Å². The number of benzene rings is 1. The van der Waals surface area contributed by atoms with Crippen molar-refractivity contribution < 1.29 is 4.79 Å². The van der Waals surface area contributed by atoms with Gasteiger partial charge in [0.2, 0.25) is 5.91 Å². The summed E-state index contributed by atoms with van der Waals surface area (Å²) in [5, 5.41) is 7.23. The van der Waals surface area contributed by atoms with Crippen LogP contribution in [0.1, 0.15) is 31.0 Å². The lowest BCUT2D eigenvalue weighted by Gasteiger charge is -2.04. The van der Waals surface area contributed by atoms with Crippen molar-refractivity contribution >= 4 is 11.7 Å². The Balaban J connectivity index is 2.07. The fourth-order valence-corrected chi connectivity index (χ4v) is 1.92. The SMILES string of the molecule is CCCC(=O)Nc1cc(C)n(Cc2ccccc2)n1. The number of nitrogens with one attached hydrogen (secondary N) is 1. The molecular formula is C15H19N3O. The molecule has 0 aliphatic rings. The van der Waals surface area contributed by atoms with Crippen molar-refractivity contribution in [1.29, 1.82) is 0 Å². The molecule has 2 rings (SSSR count). The molecule has 19 heavy (non-hydrogen) atoms. The van der Waals surface area contributed by atoms with Crippen LogP contribution in [0.5, 0.6) is 0 Å². The predicted molar refractivity (Wildman–Crippen MR) is 76.0 cm³/mol. The number of aryl methyl sites for hydroxylation is 1. The fraction of sp³-hybridized carbons (Fsp3) is 0.333. The van der Waals surface area contributed by atoms with Crippen molar-refractivity contribution in [2.45, 2.75) is 33.2 Å². The standard InChI is InChI=1S/C15H19N3O/c1-3-7-15(19)16-14-10-12(2)18(17-14)11-13-8-5-4-6-9-13/h4-6,8-10H,3,7,11H2,1-2H3,(H,16,17,19). The smallest absolute Gasteiger partial charge is 0.225 e.